The zero-order valence-corrected chi connectivity index (χ0v) is 17.1. The maximum atomic E-state index is 12.9. The fraction of sp³-hybridized carbons (Fsp3) is 0.190. The van der Waals surface area contributed by atoms with Gasteiger partial charge >= 0.3 is 0 Å². The minimum Gasteiger partial charge on any atom is -0.497 e. The number of benzene rings is 2. The molecule has 0 saturated carbocycles. The number of carbonyl (C=O) groups is 1. The summed E-state index contributed by atoms with van der Waals surface area (Å²) in [6.45, 7) is 3.73. The summed E-state index contributed by atoms with van der Waals surface area (Å²) in [5.41, 5.74) is 4.04. The molecule has 0 radical (unpaired) electrons. The third-order valence-corrected chi connectivity index (χ3v) is 5.37. The summed E-state index contributed by atoms with van der Waals surface area (Å²) in [6.07, 6.45) is 0. The highest BCUT2D eigenvalue weighted by atomic mass is 32.1. The standard InChI is InChI=1S/C21H19N5O2S/c1-13-6-4-5-7-17(13)23-24-19-14(2)25-26(20(19)27)21-22-18(12-29-21)15-8-10-16(28-3)11-9-15/h4-12,19H,1-3H3/t19-/m1/s1. The molecule has 0 fully saturated rings. The van der Waals surface area contributed by atoms with Crippen LogP contribution in [0.1, 0.15) is 12.5 Å². The second kappa shape index (κ2) is 7.92. The quantitative estimate of drug-likeness (QED) is 0.560. The Morgan fingerprint density at radius 1 is 1.10 bits per heavy atom. The summed E-state index contributed by atoms with van der Waals surface area (Å²) < 4.78 is 5.18. The average molecular weight is 405 g/mol. The van der Waals surface area contributed by atoms with Crippen molar-refractivity contribution in [3.8, 4) is 17.0 Å². The fourth-order valence-electron chi connectivity index (χ4n) is 2.88. The van der Waals surface area contributed by atoms with Crippen LogP contribution in [-0.2, 0) is 4.79 Å². The van der Waals surface area contributed by atoms with Crippen molar-refractivity contribution < 1.29 is 9.53 Å². The number of thiazole rings is 1. The minimum atomic E-state index is -0.733. The first-order chi connectivity index (χ1) is 14.1. The normalized spacial score (nSPS) is 16.5. The van der Waals surface area contributed by atoms with Gasteiger partial charge in [0.05, 0.1) is 24.2 Å². The molecular formula is C21H19N5O2S. The van der Waals surface area contributed by atoms with E-state index in [0.717, 1.165) is 28.3 Å². The van der Waals surface area contributed by atoms with E-state index in [1.54, 1.807) is 14.0 Å². The van der Waals surface area contributed by atoms with E-state index in [2.05, 4.69) is 20.3 Å². The van der Waals surface area contributed by atoms with Crippen molar-refractivity contribution in [2.45, 2.75) is 19.9 Å². The fourth-order valence-corrected chi connectivity index (χ4v) is 3.67. The van der Waals surface area contributed by atoms with Crippen molar-refractivity contribution in [2.24, 2.45) is 15.3 Å². The molecule has 2 heterocycles. The molecule has 8 heteroatoms. The lowest BCUT2D eigenvalue weighted by atomic mass is 10.2. The number of azo groups is 1. The van der Waals surface area contributed by atoms with Gasteiger partial charge in [0.25, 0.3) is 5.91 Å². The van der Waals surface area contributed by atoms with E-state index in [1.165, 1.54) is 16.3 Å². The largest absolute Gasteiger partial charge is 0.497 e. The average Bonchev–Trinajstić information content (AvgIpc) is 3.33. The first kappa shape index (κ1) is 18.9. The summed E-state index contributed by atoms with van der Waals surface area (Å²) in [5, 5.41) is 16.6. The number of hydrazone groups is 1. The number of amides is 1. The van der Waals surface area contributed by atoms with Crippen molar-refractivity contribution in [1.82, 2.24) is 4.98 Å². The molecule has 1 amide bonds. The molecule has 2 aromatic carbocycles. The molecule has 3 aromatic rings. The van der Waals surface area contributed by atoms with Crippen LogP contribution in [0.3, 0.4) is 0 Å². The Morgan fingerprint density at radius 2 is 1.86 bits per heavy atom. The maximum Gasteiger partial charge on any atom is 0.282 e. The molecule has 0 N–H and O–H groups in total. The van der Waals surface area contributed by atoms with E-state index in [9.17, 15) is 4.79 Å². The van der Waals surface area contributed by atoms with Gasteiger partial charge in [-0.05, 0) is 49.7 Å². The number of anilines is 1. The van der Waals surface area contributed by atoms with E-state index < -0.39 is 6.04 Å². The van der Waals surface area contributed by atoms with Crippen molar-refractivity contribution in [3.05, 3.63) is 59.5 Å². The lowest BCUT2D eigenvalue weighted by Gasteiger charge is -2.08. The molecule has 4 rings (SSSR count). The molecule has 7 nitrogen and oxygen atoms in total. The molecular weight excluding hydrogens is 386 g/mol. The summed E-state index contributed by atoms with van der Waals surface area (Å²) in [7, 11) is 1.63. The van der Waals surface area contributed by atoms with E-state index in [0.29, 0.717) is 10.8 Å². The lowest BCUT2D eigenvalue weighted by Crippen LogP contribution is -2.29. The summed E-state index contributed by atoms with van der Waals surface area (Å²) in [5.74, 6) is 0.525. The predicted molar refractivity (Wildman–Crippen MR) is 114 cm³/mol. The number of nitrogens with zero attached hydrogens (tertiary/aromatic N) is 5. The number of methoxy groups -OCH3 is 1. The monoisotopic (exact) mass is 405 g/mol. The van der Waals surface area contributed by atoms with Gasteiger partial charge in [0.2, 0.25) is 5.13 Å². The van der Waals surface area contributed by atoms with Crippen LogP contribution in [0.2, 0.25) is 0 Å². The van der Waals surface area contributed by atoms with Gasteiger partial charge in [-0.15, -0.1) is 11.3 Å². The molecule has 1 aromatic heterocycles. The van der Waals surface area contributed by atoms with Crippen LogP contribution >= 0.6 is 11.3 Å². The van der Waals surface area contributed by atoms with Gasteiger partial charge in [0.15, 0.2) is 6.04 Å². The summed E-state index contributed by atoms with van der Waals surface area (Å²) in [6, 6.07) is 14.5. The smallest absolute Gasteiger partial charge is 0.282 e. The number of aromatic nitrogens is 1. The summed E-state index contributed by atoms with van der Waals surface area (Å²) >= 11 is 1.36. The van der Waals surface area contributed by atoms with Gasteiger partial charge in [-0.25, -0.2) is 4.98 Å². The van der Waals surface area contributed by atoms with Gasteiger partial charge in [0, 0.05) is 10.9 Å². The van der Waals surface area contributed by atoms with Crippen LogP contribution in [0.4, 0.5) is 10.8 Å². The first-order valence-electron chi connectivity index (χ1n) is 9.02. The third kappa shape index (κ3) is 3.79. The van der Waals surface area contributed by atoms with E-state index in [1.807, 2.05) is 60.8 Å². The van der Waals surface area contributed by atoms with Crippen LogP contribution < -0.4 is 9.75 Å². The second-order valence-corrected chi connectivity index (χ2v) is 7.38. The van der Waals surface area contributed by atoms with Crippen LogP contribution in [0.15, 0.2) is 69.2 Å². The Labute approximate surface area is 172 Å². The topological polar surface area (TPSA) is 79.5 Å². The number of hydrogen-bond acceptors (Lipinski definition) is 7. The highest BCUT2D eigenvalue weighted by Gasteiger charge is 2.36. The van der Waals surface area contributed by atoms with Crippen LogP contribution in [-0.4, -0.2) is 29.8 Å². The number of hydrogen-bond donors (Lipinski definition) is 0. The van der Waals surface area contributed by atoms with E-state index >= 15 is 0 Å². The van der Waals surface area contributed by atoms with Crippen molar-refractivity contribution in [3.63, 3.8) is 0 Å². The van der Waals surface area contributed by atoms with Gasteiger partial charge in [-0.1, -0.05) is 18.2 Å². The second-order valence-electron chi connectivity index (χ2n) is 6.54. The van der Waals surface area contributed by atoms with E-state index in [4.69, 9.17) is 4.74 Å². The molecule has 0 saturated heterocycles. The molecule has 1 aliphatic heterocycles. The van der Waals surface area contributed by atoms with Crippen LogP contribution in [0.25, 0.3) is 11.3 Å². The Hall–Kier alpha value is -3.39. The maximum absolute atomic E-state index is 12.9. The Balaban J connectivity index is 1.54. The molecule has 0 spiro atoms. The van der Waals surface area contributed by atoms with Crippen molar-refractivity contribution in [1.29, 1.82) is 0 Å². The zero-order valence-electron chi connectivity index (χ0n) is 16.2. The lowest BCUT2D eigenvalue weighted by molar-refractivity contribution is -0.117. The van der Waals surface area contributed by atoms with Gasteiger partial charge in [-0.3, -0.25) is 4.79 Å². The highest BCUT2D eigenvalue weighted by molar-refractivity contribution is 7.14. The van der Waals surface area contributed by atoms with Gasteiger partial charge in [-0.2, -0.15) is 20.3 Å². The Morgan fingerprint density at radius 3 is 2.59 bits per heavy atom. The molecule has 1 aliphatic rings. The zero-order chi connectivity index (χ0) is 20.4. The van der Waals surface area contributed by atoms with Crippen molar-refractivity contribution in [2.75, 3.05) is 12.1 Å². The number of ether oxygens (including phenoxy) is 1. The highest BCUT2D eigenvalue weighted by Crippen LogP contribution is 2.31. The molecule has 0 unspecified atom stereocenters. The SMILES string of the molecule is COc1ccc(-c2csc(N3N=C(C)[C@@H](N=Nc4ccccc4C)C3=O)n2)cc1. The molecule has 0 bridgehead atoms. The van der Waals surface area contributed by atoms with Crippen molar-refractivity contribution >= 4 is 33.8 Å². The number of rotatable bonds is 5. The molecule has 0 aliphatic carbocycles. The van der Waals surface area contributed by atoms with Crippen LogP contribution in [0, 0.1) is 6.92 Å². The molecule has 1 atom stereocenters. The Kier molecular flexibility index (Phi) is 5.18. The van der Waals surface area contributed by atoms with Crippen LogP contribution in [0.5, 0.6) is 5.75 Å². The number of aryl methyl sites for hydroxylation is 1. The van der Waals surface area contributed by atoms with Gasteiger partial charge < -0.3 is 4.74 Å². The Bertz CT molecular complexity index is 1100. The van der Waals surface area contributed by atoms with Gasteiger partial charge in [0.1, 0.15) is 5.75 Å². The first-order valence-corrected chi connectivity index (χ1v) is 9.90. The molecule has 29 heavy (non-hydrogen) atoms. The third-order valence-electron chi connectivity index (χ3n) is 4.55. The minimum absolute atomic E-state index is 0.254. The number of carbonyl (C=O) groups excluding carboxylic acids is 1. The predicted octanol–water partition coefficient (Wildman–Crippen LogP) is 5.00. The molecule has 146 valence electrons. The van der Waals surface area contributed by atoms with E-state index in [-0.39, 0.29) is 5.91 Å². The summed E-state index contributed by atoms with van der Waals surface area (Å²) in [4.78, 5) is 17.4.